The third-order valence-electron chi connectivity index (χ3n) is 4.63. The zero-order chi connectivity index (χ0) is 21.5. The first-order chi connectivity index (χ1) is 14.2. The number of rotatable bonds is 4. The Kier molecular flexibility index (Phi) is 5.14. The molecule has 0 bridgehead atoms. The molecule has 1 aliphatic heterocycles. The van der Waals surface area contributed by atoms with E-state index in [0.29, 0.717) is 43.0 Å². The third-order valence-corrected chi connectivity index (χ3v) is 4.63. The lowest BCUT2D eigenvalue weighted by Crippen LogP contribution is -2.43. The molecule has 1 aromatic carbocycles. The van der Waals surface area contributed by atoms with Gasteiger partial charge in [-0.1, -0.05) is 0 Å². The Balaban J connectivity index is 1.89. The van der Waals surface area contributed by atoms with E-state index in [1.807, 2.05) is 13.8 Å². The second-order valence-electron chi connectivity index (χ2n) is 7.15. The van der Waals surface area contributed by atoms with Crippen molar-refractivity contribution in [2.75, 3.05) is 31.2 Å². The van der Waals surface area contributed by atoms with Gasteiger partial charge in [-0.15, -0.1) is 17.9 Å². The highest BCUT2D eigenvalue weighted by atomic mass is 19.4. The van der Waals surface area contributed by atoms with Crippen LogP contribution in [0.1, 0.15) is 13.8 Å². The lowest BCUT2D eigenvalue weighted by Gasteiger charge is -2.28. The fraction of sp³-hybridized carbons (Fsp3) is 0.421. The highest BCUT2D eigenvalue weighted by Crippen LogP contribution is 2.31. The van der Waals surface area contributed by atoms with E-state index in [2.05, 4.69) is 15.3 Å². The first-order valence-corrected chi connectivity index (χ1v) is 9.43. The molecule has 0 aliphatic carbocycles. The number of nitrogens with one attached hydrogen (secondary N) is 1. The van der Waals surface area contributed by atoms with E-state index in [-0.39, 0.29) is 23.2 Å². The van der Waals surface area contributed by atoms with Crippen LogP contribution < -0.4 is 15.2 Å². The van der Waals surface area contributed by atoms with E-state index in [4.69, 9.17) is 9.47 Å². The number of aromatic amines is 1. The summed E-state index contributed by atoms with van der Waals surface area (Å²) >= 11 is 0. The summed E-state index contributed by atoms with van der Waals surface area (Å²) in [7, 11) is 0. The van der Waals surface area contributed by atoms with E-state index >= 15 is 0 Å². The average Bonchev–Trinajstić information content (AvgIpc) is 3.11. The summed E-state index contributed by atoms with van der Waals surface area (Å²) in [6.45, 7) is 5.01. The minimum atomic E-state index is -4.97. The predicted molar refractivity (Wildman–Crippen MR) is 104 cm³/mol. The van der Waals surface area contributed by atoms with Gasteiger partial charge in [0.15, 0.2) is 0 Å². The second kappa shape index (κ2) is 7.63. The van der Waals surface area contributed by atoms with Crippen LogP contribution in [0.3, 0.4) is 0 Å². The van der Waals surface area contributed by atoms with Crippen molar-refractivity contribution in [1.29, 1.82) is 0 Å². The molecule has 1 saturated heterocycles. The SMILES string of the molecule is CC(C)Oc1ccc2[nH]nc(-c3cc(N4CCOCC4)c(=O)n(C(F)(F)F)n3)c2c1. The van der Waals surface area contributed by atoms with Gasteiger partial charge in [0.25, 0.3) is 5.56 Å². The number of H-pyrrole nitrogens is 1. The molecule has 1 fully saturated rings. The monoisotopic (exact) mass is 423 g/mol. The van der Waals surface area contributed by atoms with Crippen LogP contribution in [0.4, 0.5) is 18.9 Å². The van der Waals surface area contributed by atoms with Crippen LogP contribution >= 0.6 is 0 Å². The molecular weight excluding hydrogens is 403 g/mol. The lowest BCUT2D eigenvalue weighted by molar-refractivity contribution is -0.215. The number of aromatic nitrogens is 4. The van der Waals surface area contributed by atoms with Crippen molar-refractivity contribution in [1.82, 2.24) is 20.0 Å². The number of fused-ring (bicyclic) bond motifs is 1. The molecule has 0 spiro atoms. The number of ether oxygens (including phenoxy) is 2. The standard InChI is InChI=1S/C19H20F3N5O3/c1-11(2)30-12-3-4-14-13(9-12)17(24-23-14)15-10-16(26-5-7-29-8-6-26)18(28)27(25-15)19(20,21)22/h3-4,9-11H,5-8H2,1-2H3,(H,23,24). The zero-order valence-corrected chi connectivity index (χ0v) is 16.4. The van der Waals surface area contributed by atoms with Crippen molar-refractivity contribution in [2.24, 2.45) is 0 Å². The number of anilines is 1. The molecule has 0 atom stereocenters. The molecule has 3 heterocycles. The van der Waals surface area contributed by atoms with Crippen molar-refractivity contribution in [3.8, 4) is 17.1 Å². The number of hydrogen-bond acceptors (Lipinski definition) is 6. The summed E-state index contributed by atoms with van der Waals surface area (Å²) < 4.78 is 51.1. The predicted octanol–water partition coefficient (Wildman–Crippen LogP) is 2.89. The van der Waals surface area contributed by atoms with Crippen molar-refractivity contribution in [2.45, 2.75) is 26.3 Å². The molecule has 8 nitrogen and oxygen atoms in total. The van der Waals surface area contributed by atoms with Gasteiger partial charge < -0.3 is 14.4 Å². The van der Waals surface area contributed by atoms with Crippen LogP contribution in [-0.4, -0.2) is 52.4 Å². The normalized spacial score (nSPS) is 15.2. The van der Waals surface area contributed by atoms with Gasteiger partial charge in [-0.3, -0.25) is 9.89 Å². The van der Waals surface area contributed by atoms with E-state index in [0.717, 1.165) is 0 Å². The number of benzene rings is 1. The quantitative estimate of drug-likeness (QED) is 0.695. The summed E-state index contributed by atoms with van der Waals surface area (Å²) in [4.78, 5) is 14.1. The number of halogens is 3. The maximum absolute atomic E-state index is 13.5. The van der Waals surface area contributed by atoms with Gasteiger partial charge >= 0.3 is 6.30 Å². The van der Waals surface area contributed by atoms with Crippen LogP contribution in [0.25, 0.3) is 22.3 Å². The molecule has 1 aliphatic rings. The van der Waals surface area contributed by atoms with Crippen LogP contribution in [0.2, 0.25) is 0 Å². The highest BCUT2D eigenvalue weighted by Gasteiger charge is 2.36. The molecule has 30 heavy (non-hydrogen) atoms. The third kappa shape index (κ3) is 3.84. The van der Waals surface area contributed by atoms with Gasteiger partial charge in [-0.05, 0) is 38.1 Å². The molecule has 2 aromatic heterocycles. The number of morpholine rings is 1. The summed E-state index contributed by atoms with van der Waals surface area (Å²) in [6, 6.07) is 6.51. The molecule has 3 aromatic rings. The van der Waals surface area contributed by atoms with E-state index in [1.165, 1.54) is 6.07 Å². The van der Waals surface area contributed by atoms with Crippen LogP contribution in [0, 0.1) is 0 Å². The van der Waals surface area contributed by atoms with Gasteiger partial charge in [-0.25, -0.2) is 0 Å². The Bertz CT molecular complexity index is 1120. The van der Waals surface area contributed by atoms with Crippen LogP contribution in [0.5, 0.6) is 5.75 Å². The molecule has 0 saturated carbocycles. The Morgan fingerprint density at radius 3 is 2.60 bits per heavy atom. The maximum atomic E-state index is 13.5. The summed E-state index contributed by atoms with van der Waals surface area (Å²) in [5.74, 6) is 0.553. The highest BCUT2D eigenvalue weighted by molar-refractivity contribution is 5.93. The number of nitrogens with zero attached hydrogens (tertiary/aromatic N) is 4. The van der Waals surface area contributed by atoms with Crippen molar-refractivity contribution < 1.29 is 22.6 Å². The Morgan fingerprint density at radius 2 is 1.93 bits per heavy atom. The Morgan fingerprint density at radius 1 is 1.20 bits per heavy atom. The molecule has 4 rings (SSSR count). The summed E-state index contributed by atoms with van der Waals surface area (Å²) in [6.07, 6.45) is -5.04. The van der Waals surface area contributed by atoms with Gasteiger partial charge in [0, 0.05) is 18.5 Å². The minimum absolute atomic E-state index is 0.0682. The Labute approximate surface area is 169 Å². The van der Waals surface area contributed by atoms with Gasteiger partial charge in [0.1, 0.15) is 22.8 Å². The zero-order valence-electron chi connectivity index (χ0n) is 16.4. The molecule has 160 valence electrons. The first-order valence-electron chi connectivity index (χ1n) is 9.43. The summed E-state index contributed by atoms with van der Waals surface area (Å²) in [5, 5.41) is 11.1. The topological polar surface area (TPSA) is 85.3 Å². The van der Waals surface area contributed by atoms with E-state index in [1.54, 1.807) is 23.1 Å². The van der Waals surface area contributed by atoms with Crippen LogP contribution in [0.15, 0.2) is 29.1 Å². The fourth-order valence-corrected chi connectivity index (χ4v) is 3.33. The molecule has 1 N–H and O–H groups in total. The molecule has 11 heteroatoms. The van der Waals surface area contributed by atoms with Crippen molar-refractivity contribution >= 4 is 16.6 Å². The number of hydrogen-bond donors (Lipinski definition) is 1. The molecule has 0 amide bonds. The van der Waals surface area contributed by atoms with Gasteiger partial charge in [0.2, 0.25) is 0 Å². The van der Waals surface area contributed by atoms with E-state index in [9.17, 15) is 18.0 Å². The smallest absolute Gasteiger partial charge is 0.491 e. The second-order valence-corrected chi connectivity index (χ2v) is 7.15. The minimum Gasteiger partial charge on any atom is -0.491 e. The summed E-state index contributed by atoms with van der Waals surface area (Å²) in [5.41, 5.74) is -0.572. The first kappa shape index (κ1) is 20.2. The molecule has 0 radical (unpaired) electrons. The Hall–Kier alpha value is -3.08. The molecular formula is C19H20F3N5O3. The van der Waals surface area contributed by atoms with Crippen LogP contribution in [-0.2, 0) is 11.0 Å². The maximum Gasteiger partial charge on any atom is 0.507 e. The van der Waals surface area contributed by atoms with Gasteiger partial charge in [-0.2, -0.15) is 10.2 Å². The average molecular weight is 423 g/mol. The van der Waals surface area contributed by atoms with E-state index < -0.39 is 16.5 Å². The fourth-order valence-electron chi connectivity index (χ4n) is 3.33. The van der Waals surface area contributed by atoms with Gasteiger partial charge in [0.05, 0.1) is 24.8 Å². The van der Waals surface area contributed by atoms with Crippen molar-refractivity contribution in [3.63, 3.8) is 0 Å². The number of alkyl halides is 3. The molecule has 0 unspecified atom stereocenters. The lowest BCUT2D eigenvalue weighted by atomic mass is 10.1. The largest absolute Gasteiger partial charge is 0.507 e. The van der Waals surface area contributed by atoms with Crippen molar-refractivity contribution in [3.05, 3.63) is 34.6 Å².